The van der Waals surface area contributed by atoms with E-state index in [0.29, 0.717) is 34.4 Å². The van der Waals surface area contributed by atoms with E-state index in [0.717, 1.165) is 25.8 Å². The molecule has 1 unspecified atom stereocenters. The van der Waals surface area contributed by atoms with Gasteiger partial charge in [-0.1, -0.05) is 23.8 Å². The number of carbonyl (C=O) groups excluding carboxylic acids is 1. The first-order valence-corrected chi connectivity index (χ1v) is 8.85. The standard InChI is InChI=1S/C15H20N4O3S/c1-3-11-6-4-5-7-19(11)13(20)9-23-15-17-16-14(21-15)12-8-10(2)22-18-12/h8,11H,3-7,9H2,1-2H3. The van der Waals surface area contributed by atoms with Crippen LogP contribution in [0.3, 0.4) is 0 Å². The summed E-state index contributed by atoms with van der Waals surface area (Å²) in [5.74, 6) is 1.44. The SMILES string of the molecule is CCC1CCCCN1C(=O)CSc1nnc(-c2cc(C)on2)o1. The zero-order valence-electron chi connectivity index (χ0n) is 13.3. The Morgan fingerprint density at radius 2 is 2.30 bits per heavy atom. The van der Waals surface area contributed by atoms with Gasteiger partial charge < -0.3 is 13.8 Å². The number of nitrogens with zero attached hydrogens (tertiary/aromatic N) is 4. The van der Waals surface area contributed by atoms with Crippen LogP contribution in [0.1, 0.15) is 38.4 Å². The summed E-state index contributed by atoms with van der Waals surface area (Å²) in [6.07, 6.45) is 4.40. The molecular weight excluding hydrogens is 316 g/mol. The molecule has 0 spiro atoms. The fourth-order valence-electron chi connectivity index (χ4n) is 2.80. The molecule has 1 aliphatic heterocycles. The largest absolute Gasteiger partial charge is 0.409 e. The highest BCUT2D eigenvalue weighted by molar-refractivity contribution is 7.99. The Labute approximate surface area is 138 Å². The van der Waals surface area contributed by atoms with E-state index in [1.165, 1.54) is 18.2 Å². The molecule has 3 rings (SSSR count). The molecule has 1 amide bonds. The van der Waals surface area contributed by atoms with Crippen molar-refractivity contribution in [2.45, 2.75) is 50.8 Å². The zero-order valence-corrected chi connectivity index (χ0v) is 14.1. The Kier molecular flexibility index (Phi) is 5.00. The lowest BCUT2D eigenvalue weighted by atomic mass is 10.0. The first-order chi connectivity index (χ1) is 11.2. The van der Waals surface area contributed by atoms with Gasteiger partial charge in [0.1, 0.15) is 5.76 Å². The molecule has 0 aromatic carbocycles. The number of aryl methyl sites for hydroxylation is 1. The second-order valence-corrected chi connectivity index (χ2v) is 6.56. The maximum Gasteiger partial charge on any atom is 0.277 e. The van der Waals surface area contributed by atoms with Crippen molar-refractivity contribution in [3.05, 3.63) is 11.8 Å². The van der Waals surface area contributed by atoms with Gasteiger partial charge in [0.05, 0.1) is 5.75 Å². The van der Waals surface area contributed by atoms with Crippen molar-refractivity contribution in [2.24, 2.45) is 0 Å². The molecule has 0 bridgehead atoms. The molecule has 8 heteroatoms. The van der Waals surface area contributed by atoms with Gasteiger partial charge in [-0.3, -0.25) is 4.79 Å². The van der Waals surface area contributed by atoms with E-state index in [2.05, 4.69) is 22.3 Å². The lowest BCUT2D eigenvalue weighted by Gasteiger charge is -2.35. The minimum absolute atomic E-state index is 0.138. The Bertz CT molecular complexity index is 669. The van der Waals surface area contributed by atoms with E-state index in [1.807, 2.05) is 4.90 Å². The van der Waals surface area contributed by atoms with Crippen molar-refractivity contribution in [2.75, 3.05) is 12.3 Å². The Morgan fingerprint density at radius 3 is 3.04 bits per heavy atom. The fraction of sp³-hybridized carbons (Fsp3) is 0.600. The Morgan fingerprint density at radius 1 is 1.43 bits per heavy atom. The first kappa shape index (κ1) is 16.0. The van der Waals surface area contributed by atoms with Crippen LogP contribution in [0, 0.1) is 6.92 Å². The maximum absolute atomic E-state index is 12.4. The number of piperidine rings is 1. The maximum atomic E-state index is 12.4. The molecule has 124 valence electrons. The number of hydrogen-bond donors (Lipinski definition) is 0. The van der Waals surface area contributed by atoms with Gasteiger partial charge in [-0.25, -0.2) is 0 Å². The second-order valence-electron chi connectivity index (χ2n) is 5.63. The van der Waals surface area contributed by atoms with Gasteiger partial charge in [0, 0.05) is 18.7 Å². The van der Waals surface area contributed by atoms with E-state index in [1.54, 1.807) is 13.0 Å². The summed E-state index contributed by atoms with van der Waals surface area (Å²) in [6.45, 7) is 4.78. The third-order valence-corrected chi connectivity index (χ3v) is 4.79. The third-order valence-electron chi connectivity index (χ3n) is 3.99. The van der Waals surface area contributed by atoms with Crippen LogP contribution in [0.15, 0.2) is 20.2 Å². The average Bonchev–Trinajstić information content (AvgIpc) is 3.21. The Balaban J connectivity index is 1.58. The summed E-state index contributed by atoms with van der Waals surface area (Å²) in [6, 6.07) is 2.10. The summed E-state index contributed by atoms with van der Waals surface area (Å²) < 4.78 is 10.5. The summed E-state index contributed by atoms with van der Waals surface area (Å²) in [4.78, 5) is 14.4. The second kappa shape index (κ2) is 7.16. The van der Waals surface area contributed by atoms with E-state index < -0.39 is 0 Å². The number of hydrogen-bond acceptors (Lipinski definition) is 7. The smallest absolute Gasteiger partial charge is 0.277 e. The number of rotatable bonds is 5. The monoisotopic (exact) mass is 336 g/mol. The lowest BCUT2D eigenvalue weighted by molar-refractivity contribution is -0.132. The summed E-state index contributed by atoms with van der Waals surface area (Å²) >= 11 is 1.27. The molecule has 7 nitrogen and oxygen atoms in total. The van der Waals surface area contributed by atoms with Gasteiger partial charge in [-0.05, 0) is 32.6 Å². The van der Waals surface area contributed by atoms with Crippen LogP contribution in [0.4, 0.5) is 0 Å². The van der Waals surface area contributed by atoms with Crippen LogP contribution in [-0.4, -0.2) is 44.5 Å². The molecule has 3 heterocycles. The van der Waals surface area contributed by atoms with Gasteiger partial charge in [-0.15, -0.1) is 10.2 Å². The molecule has 2 aromatic heterocycles. The van der Waals surface area contributed by atoms with Crippen molar-refractivity contribution >= 4 is 17.7 Å². The van der Waals surface area contributed by atoms with Crippen LogP contribution in [0.2, 0.25) is 0 Å². The summed E-state index contributed by atoms with van der Waals surface area (Å²) in [5, 5.41) is 12.1. The molecule has 23 heavy (non-hydrogen) atoms. The minimum Gasteiger partial charge on any atom is -0.409 e. The zero-order chi connectivity index (χ0) is 16.2. The van der Waals surface area contributed by atoms with Crippen LogP contribution in [0.5, 0.6) is 0 Å². The molecular formula is C15H20N4O3S. The van der Waals surface area contributed by atoms with Crippen molar-refractivity contribution < 1.29 is 13.7 Å². The van der Waals surface area contributed by atoms with Crippen molar-refractivity contribution in [3.63, 3.8) is 0 Å². The van der Waals surface area contributed by atoms with Crippen molar-refractivity contribution in [1.29, 1.82) is 0 Å². The highest BCUT2D eigenvalue weighted by atomic mass is 32.2. The molecule has 1 saturated heterocycles. The fourth-order valence-corrected chi connectivity index (χ4v) is 3.45. The number of likely N-dealkylation sites (tertiary alicyclic amines) is 1. The quantitative estimate of drug-likeness (QED) is 0.776. The highest BCUT2D eigenvalue weighted by Gasteiger charge is 2.25. The number of carbonyl (C=O) groups is 1. The third kappa shape index (κ3) is 3.74. The first-order valence-electron chi connectivity index (χ1n) is 7.87. The molecule has 2 aromatic rings. The van der Waals surface area contributed by atoms with Gasteiger partial charge >= 0.3 is 0 Å². The molecule has 0 saturated carbocycles. The molecule has 0 N–H and O–H groups in total. The van der Waals surface area contributed by atoms with Gasteiger partial charge in [-0.2, -0.15) is 0 Å². The number of thioether (sulfide) groups is 1. The summed E-state index contributed by atoms with van der Waals surface area (Å²) in [7, 11) is 0. The molecule has 0 radical (unpaired) electrons. The van der Waals surface area contributed by atoms with Crippen LogP contribution >= 0.6 is 11.8 Å². The normalized spacial score (nSPS) is 18.3. The molecule has 1 atom stereocenters. The van der Waals surface area contributed by atoms with Crippen LogP contribution < -0.4 is 0 Å². The van der Waals surface area contributed by atoms with Crippen LogP contribution in [0.25, 0.3) is 11.6 Å². The van der Waals surface area contributed by atoms with Gasteiger partial charge in [0.25, 0.3) is 11.1 Å². The minimum atomic E-state index is 0.138. The molecule has 0 aliphatic carbocycles. The summed E-state index contributed by atoms with van der Waals surface area (Å²) in [5.41, 5.74) is 0.509. The van der Waals surface area contributed by atoms with Gasteiger partial charge in [0.15, 0.2) is 5.69 Å². The molecule has 1 aliphatic rings. The van der Waals surface area contributed by atoms with E-state index in [-0.39, 0.29) is 5.91 Å². The van der Waals surface area contributed by atoms with E-state index in [9.17, 15) is 4.79 Å². The molecule has 1 fully saturated rings. The van der Waals surface area contributed by atoms with E-state index >= 15 is 0 Å². The van der Waals surface area contributed by atoms with Crippen molar-refractivity contribution in [1.82, 2.24) is 20.3 Å². The predicted octanol–water partition coefficient (Wildman–Crippen LogP) is 2.92. The number of amides is 1. The lowest BCUT2D eigenvalue weighted by Crippen LogP contribution is -2.44. The van der Waals surface area contributed by atoms with E-state index in [4.69, 9.17) is 8.94 Å². The highest BCUT2D eigenvalue weighted by Crippen LogP contribution is 2.25. The van der Waals surface area contributed by atoms with Crippen LogP contribution in [-0.2, 0) is 4.79 Å². The van der Waals surface area contributed by atoms with Crippen molar-refractivity contribution in [3.8, 4) is 11.6 Å². The topological polar surface area (TPSA) is 85.3 Å². The average molecular weight is 336 g/mol. The van der Waals surface area contributed by atoms with Gasteiger partial charge in [0.2, 0.25) is 5.91 Å². The number of aromatic nitrogens is 3. The Hall–Kier alpha value is -1.83. The predicted molar refractivity (Wildman–Crippen MR) is 84.9 cm³/mol.